The molecule has 0 amide bonds. The van der Waals surface area contributed by atoms with Crippen molar-refractivity contribution in [3.8, 4) is 0 Å². The molecule has 5 heteroatoms. The molecule has 1 fully saturated rings. The number of nitrogens with zero attached hydrogens (tertiary/aromatic N) is 3. The lowest BCUT2D eigenvalue weighted by molar-refractivity contribution is 0.265. The van der Waals surface area contributed by atoms with Gasteiger partial charge >= 0.3 is 0 Å². The summed E-state index contributed by atoms with van der Waals surface area (Å²) in [5, 5.41) is 7.70. The smallest absolute Gasteiger partial charge is 0.152 e. The van der Waals surface area contributed by atoms with Crippen molar-refractivity contribution in [2.75, 3.05) is 11.9 Å². The summed E-state index contributed by atoms with van der Waals surface area (Å²) in [6, 6.07) is 2.03. The third-order valence-electron chi connectivity index (χ3n) is 3.47. The molecular weight excluding hydrogens is 214 g/mol. The first-order valence-corrected chi connectivity index (χ1v) is 6.00. The summed E-state index contributed by atoms with van der Waals surface area (Å²) in [5.74, 6) is 0.866. The second-order valence-corrected chi connectivity index (χ2v) is 4.96. The van der Waals surface area contributed by atoms with Crippen molar-refractivity contribution in [2.24, 2.45) is 5.73 Å². The molecule has 0 bridgehead atoms. The summed E-state index contributed by atoms with van der Waals surface area (Å²) in [4.78, 5) is 4.35. The first kappa shape index (κ1) is 10.5. The van der Waals surface area contributed by atoms with Crippen LogP contribution in [0.3, 0.4) is 0 Å². The minimum absolute atomic E-state index is 0.0381. The van der Waals surface area contributed by atoms with Gasteiger partial charge in [-0.2, -0.15) is 5.10 Å². The average Bonchev–Trinajstić information content (AvgIpc) is 2.64. The number of hydrogen-bond acceptors (Lipinski definition) is 4. The number of rotatable bonds is 3. The molecular formula is C12H17N5. The van der Waals surface area contributed by atoms with E-state index in [-0.39, 0.29) is 5.54 Å². The first-order chi connectivity index (χ1) is 8.16. The number of aromatic nitrogens is 3. The van der Waals surface area contributed by atoms with E-state index in [1.54, 1.807) is 6.20 Å². The lowest BCUT2D eigenvalue weighted by atomic mass is 9.78. The summed E-state index contributed by atoms with van der Waals surface area (Å²) in [6.07, 6.45) is 7.05. The Kier molecular flexibility index (Phi) is 2.29. The molecule has 0 radical (unpaired) electrons. The van der Waals surface area contributed by atoms with Gasteiger partial charge in [0.1, 0.15) is 5.52 Å². The molecule has 2 aromatic heterocycles. The molecule has 1 aliphatic carbocycles. The molecule has 1 saturated carbocycles. The zero-order chi connectivity index (χ0) is 11.9. The Hall–Kier alpha value is -1.62. The maximum absolute atomic E-state index is 6.19. The highest BCUT2D eigenvalue weighted by Gasteiger charge is 2.32. The van der Waals surface area contributed by atoms with E-state index in [1.165, 1.54) is 6.42 Å². The Morgan fingerprint density at radius 2 is 2.35 bits per heavy atom. The van der Waals surface area contributed by atoms with Crippen LogP contribution in [0.1, 0.15) is 25.0 Å². The molecule has 1 aliphatic rings. The van der Waals surface area contributed by atoms with E-state index in [9.17, 15) is 0 Å². The van der Waals surface area contributed by atoms with Gasteiger partial charge in [-0.25, -0.2) is 9.50 Å². The SMILES string of the molecule is Cc1cc2c(NCC3(N)CCC3)nccn2n1. The van der Waals surface area contributed by atoms with Gasteiger partial charge in [-0.15, -0.1) is 0 Å². The fraction of sp³-hybridized carbons (Fsp3) is 0.500. The zero-order valence-electron chi connectivity index (χ0n) is 9.98. The predicted molar refractivity (Wildman–Crippen MR) is 67.0 cm³/mol. The van der Waals surface area contributed by atoms with Gasteiger partial charge in [0, 0.05) is 24.5 Å². The maximum Gasteiger partial charge on any atom is 0.152 e. The minimum Gasteiger partial charge on any atom is -0.366 e. The lowest BCUT2D eigenvalue weighted by Gasteiger charge is -2.38. The van der Waals surface area contributed by atoms with E-state index in [0.717, 1.165) is 36.4 Å². The molecule has 0 unspecified atom stereocenters. The van der Waals surface area contributed by atoms with Crippen LogP contribution >= 0.6 is 0 Å². The fourth-order valence-corrected chi connectivity index (χ4v) is 2.25. The van der Waals surface area contributed by atoms with Gasteiger partial charge in [0.2, 0.25) is 0 Å². The molecule has 5 nitrogen and oxygen atoms in total. The first-order valence-electron chi connectivity index (χ1n) is 6.00. The van der Waals surface area contributed by atoms with Crippen molar-refractivity contribution in [1.29, 1.82) is 0 Å². The Morgan fingerprint density at radius 3 is 3.06 bits per heavy atom. The Balaban J connectivity index is 1.84. The molecule has 0 saturated heterocycles. The van der Waals surface area contributed by atoms with Crippen molar-refractivity contribution in [3.63, 3.8) is 0 Å². The monoisotopic (exact) mass is 231 g/mol. The van der Waals surface area contributed by atoms with Gasteiger partial charge in [-0.05, 0) is 32.3 Å². The van der Waals surface area contributed by atoms with Crippen molar-refractivity contribution in [3.05, 3.63) is 24.2 Å². The van der Waals surface area contributed by atoms with Gasteiger partial charge in [0.05, 0.1) is 5.69 Å². The second-order valence-electron chi connectivity index (χ2n) is 4.96. The fourth-order valence-electron chi connectivity index (χ4n) is 2.25. The molecule has 90 valence electrons. The highest BCUT2D eigenvalue weighted by atomic mass is 15.2. The van der Waals surface area contributed by atoms with Crippen molar-refractivity contribution >= 4 is 11.3 Å². The minimum atomic E-state index is -0.0381. The van der Waals surface area contributed by atoms with Crippen LogP contribution in [-0.4, -0.2) is 26.7 Å². The van der Waals surface area contributed by atoms with Crippen LogP contribution < -0.4 is 11.1 Å². The Labute approximate surface area is 100 Å². The standard InChI is InChI=1S/C12H17N5/c1-9-7-10-11(14-5-6-17(10)16-9)15-8-12(13)3-2-4-12/h5-7H,2-4,8,13H2,1H3,(H,14,15). The lowest BCUT2D eigenvalue weighted by Crippen LogP contribution is -2.52. The van der Waals surface area contributed by atoms with E-state index < -0.39 is 0 Å². The van der Waals surface area contributed by atoms with E-state index in [2.05, 4.69) is 15.4 Å². The summed E-state index contributed by atoms with van der Waals surface area (Å²) in [5.41, 5.74) is 8.15. The Morgan fingerprint density at radius 1 is 1.53 bits per heavy atom. The van der Waals surface area contributed by atoms with Crippen LogP contribution in [0, 0.1) is 6.92 Å². The third kappa shape index (κ3) is 1.86. The molecule has 0 aliphatic heterocycles. The number of nitrogens with two attached hydrogens (primary N) is 1. The summed E-state index contributed by atoms with van der Waals surface area (Å²) in [6.45, 7) is 2.76. The van der Waals surface area contributed by atoms with Gasteiger partial charge in [0.15, 0.2) is 5.82 Å². The molecule has 3 rings (SSSR count). The van der Waals surface area contributed by atoms with Crippen molar-refractivity contribution in [2.45, 2.75) is 31.7 Å². The van der Waals surface area contributed by atoms with E-state index in [1.807, 2.05) is 23.7 Å². The summed E-state index contributed by atoms with van der Waals surface area (Å²) >= 11 is 0. The number of fused-ring (bicyclic) bond motifs is 1. The summed E-state index contributed by atoms with van der Waals surface area (Å²) < 4.78 is 1.84. The number of nitrogens with one attached hydrogen (secondary N) is 1. The van der Waals surface area contributed by atoms with Crippen LogP contribution in [0.5, 0.6) is 0 Å². The molecule has 0 spiro atoms. The van der Waals surface area contributed by atoms with E-state index >= 15 is 0 Å². The topological polar surface area (TPSA) is 68.2 Å². The maximum atomic E-state index is 6.19. The van der Waals surface area contributed by atoms with E-state index in [4.69, 9.17) is 5.73 Å². The number of hydrogen-bond donors (Lipinski definition) is 2. The number of anilines is 1. The molecule has 0 atom stereocenters. The normalized spacial score (nSPS) is 18.0. The van der Waals surface area contributed by atoms with Crippen LogP contribution in [0.15, 0.2) is 18.5 Å². The average molecular weight is 231 g/mol. The van der Waals surface area contributed by atoms with Gasteiger partial charge in [0.25, 0.3) is 0 Å². The quantitative estimate of drug-likeness (QED) is 0.836. The predicted octanol–water partition coefficient (Wildman–Crippen LogP) is 1.33. The largest absolute Gasteiger partial charge is 0.366 e. The van der Waals surface area contributed by atoms with Gasteiger partial charge in [-0.3, -0.25) is 0 Å². The summed E-state index contributed by atoms with van der Waals surface area (Å²) in [7, 11) is 0. The van der Waals surface area contributed by atoms with Crippen LogP contribution in [0.25, 0.3) is 5.52 Å². The Bertz CT molecular complexity index is 541. The van der Waals surface area contributed by atoms with Gasteiger partial charge in [-0.1, -0.05) is 0 Å². The van der Waals surface area contributed by atoms with E-state index in [0.29, 0.717) is 0 Å². The molecule has 2 aromatic rings. The molecule has 0 aromatic carbocycles. The van der Waals surface area contributed by atoms with Crippen molar-refractivity contribution < 1.29 is 0 Å². The van der Waals surface area contributed by atoms with Crippen LogP contribution in [0.4, 0.5) is 5.82 Å². The van der Waals surface area contributed by atoms with Gasteiger partial charge < -0.3 is 11.1 Å². The van der Waals surface area contributed by atoms with Crippen LogP contribution in [0.2, 0.25) is 0 Å². The molecule has 3 N–H and O–H groups in total. The number of aryl methyl sites for hydroxylation is 1. The van der Waals surface area contributed by atoms with Crippen molar-refractivity contribution in [1.82, 2.24) is 14.6 Å². The van der Waals surface area contributed by atoms with Crippen LogP contribution in [-0.2, 0) is 0 Å². The second kappa shape index (κ2) is 3.70. The molecule has 2 heterocycles. The highest BCUT2D eigenvalue weighted by Crippen LogP contribution is 2.29. The zero-order valence-corrected chi connectivity index (χ0v) is 9.98. The third-order valence-corrected chi connectivity index (χ3v) is 3.47. The highest BCUT2D eigenvalue weighted by molar-refractivity contribution is 5.67. The molecule has 17 heavy (non-hydrogen) atoms.